The Balaban J connectivity index is 1.94. The Morgan fingerprint density at radius 2 is 2.06 bits per heavy atom. The summed E-state index contributed by atoms with van der Waals surface area (Å²) in [6, 6.07) is 0. The predicted molar refractivity (Wildman–Crippen MR) is 76.0 cm³/mol. The van der Waals surface area contributed by atoms with E-state index in [9.17, 15) is 4.79 Å². The molecule has 98 valence electrons. The number of nitrogens with zero attached hydrogens (tertiary/aromatic N) is 1. The van der Waals surface area contributed by atoms with Crippen LogP contribution in [0.1, 0.15) is 33.1 Å². The third-order valence-corrected chi connectivity index (χ3v) is 5.27. The Morgan fingerprint density at radius 3 is 2.59 bits per heavy atom. The van der Waals surface area contributed by atoms with Gasteiger partial charge < -0.3 is 9.64 Å². The van der Waals surface area contributed by atoms with Crippen LogP contribution < -0.4 is 0 Å². The summed E-state index contributed by atoms with van der Waals surface area (Å²) in [5.41, 5.74) is 0. The number of alkyl halides is 1. The lowest BCUT2D eigenvalue weighted by atomic mass is 9.86. The highest BCUT2D eigenvalue weighted by Gasteiger charge is 2.36. The normalized spacial score (nSPS) is 32.8. The van der Waals surface area contributed by atoms with E-state index in [1.165, 1.54) is 0 Å². The van der Waals surface area contributed by atoms with Crippen molar-refractivity contribution in [3.8, 4) is 0 Å². The number of rotatable bonds is 2. The molecule has 17 heavy (non-hydrogen) atoms. The summed E-state index contributed by atoms with van der Waals surface area (Å²) in [6.07, 6.45) is 3.23. The molecule has 2 unspecified atom stereocenters. The van der Waals surface area contributed by atoms with Crippen LogP contribution in [0.25, 0.3) is 0 Å². The van der Waals surface area contributed by atoms with Gasteiger partial charge in [0, 0.05) is 25.7 Å². The zero-order valence-electron chi connectivity index (χ0n) is 10.7. The molecule has 4 heteroatoms. The lowest BCUT2D eigenvalue weighted by Crippen LogP contribution is -2.40. The van der Waals surface area contributed by atoms with Gasteiger partial charge in [-0.2, -0.15) is 0 Å². The summed E-state index contributed by atoms with van der Waals surface area (Å²) >= 11 is 2.41. The van der Waals surface area contributed by atoms with E-state index in [0.29, 0.717) is 21.8 Å². The van der Waals surface area contributed by atoms with Crippen molar-refractivity contribution in [3.05, 3.63) is 0 Å². The summed E-state index contributed by atoms with van der Waals surface area (Å²) in [5.74, 6) is 1.71. The summed E-state index contributed by atoms with van der Waals surface area (Å²) in [7, 11) is 0. The molecule has 0 spiro atoms. The minimum absolute atomic E-state index is 0.168. The lowest BCUT2D eigenvalue weighted by molar-refractivity contribution is -0.137. The summed E-state index contributed by atoms with van der Waals surface area (Å²) in [5, 5.41) is 0. The topological polar surface area (TPSA) is 29.5 Å². The maximum atomic E-state index is 12.5. The van der Waals surface area contributed by atoms with Crippen LogP contribution in [0.15, 0.2) is 0 Å². The van der Waals surface area contributed by atoms with Gasteiger partial charge in [0.15, 0.2) is 0 Å². The molecule has 2 aliphatic rings. The van der Waals surface area contributed by atoms with Crippen LogP contribution in [-0.2, 0) is 9.53 Å². The first-order chi connectivity index (χ1) is 8.09. The van der Waals surface area contributed by atoms with Crippen molar-refractivity contribution < 1.29 is 9.53 Å². The average Bonchev–Trinajstić information content (AvgIpc) is 2.68. The predicted octanol–water partition coefficient (Wildman–Crippen LogP) is 2.68. The maximum Gasteiger partial charge on any atom is 0.226 e. The Kier molecular flexibility index (Phi) is 4.69. The quantitative estimate of drug-likeness (QED) is 0.435. The molecule has 0 aromatic rings. The molecule has 0 saturated carbocycles. The minimum atomic E-state index is 0.168. The molecule has 0 aromatic heterocycles. The van der Waals surface area contributed by atoms with Crippen LogP contribution in [0.4, 0.5) is 0 Å². The van der Waals surface area contributed by atoms with Gasteiger partial charge in [0.05, 0.1) is 4.05 Å². The standard InChI is InChI=1S/C13H22INO2/c1-9-7-12(14)15(8-9)13(16)10(2)11-3-5-17-6-4-11/h9-12H,3-8H2,1-2H3/t9?,10?,12-/m0/s1. The van der Waals surface area contributed by atoms with E-state index in [1.54, 1.807) is 0 Å². The smallest absolute Gasteiger partial charge is 0.226 e. The molecule has 2 rings (SSSR count). The highest BCUT2D eigenvalue weighted by Crippen LogP contribution is 2.32. The van der Waals surface area contributed by atoms with E-state index in [2.05, 4.69) is 41.3 Å². The molecule has 0 radical (unpaired) electrons. The Morgan fingerprint density at radius 1 is 1.41 bits per heavy atom. The third kappa shape index (κ3) is 3.13. The highest BCUT2D eigenvalue weighted by molar-refractivity contribution is 14.1. The van der Waals surface area contributed by atoms with Crippen molar-refractivity contribution in [3.63, 3.8) is 0 Å². The van der Waals surface area contributed by atoms with Crippen LogP contribution in [0.5, 0.6) is 0 Å². The first-order valence-corrected chi connectivity index (χ1v) is 7.86. The van der Waals surface area contributed by atoms with E-state index in [1.807, 2.05) is 0 Å². The van der Waals surface area contributed by atoms with Crippen molar-refractivity contribution >= 4 is 28.5 Å². The number of ether oxygens (including phenoxy) is 1. The van der Waals surface area contributed by atoms with Crippen molar-refractivity contribution in [2.75, 3.05) is 19.8 Å². The molecule has 2 saturated heterocycles. The van der Waals surface area contributed by atoms with E-state index in [-0.39, 0.29) is 5.92 Å². The van der Waals surface area contributed by atoms with Crippen LogP contribution in [-0.4, -0.2) is 34.6 Å². The summed E-state index contributed by atoms with van der Waals surface area (Å²) < 4.78 is 5.77. The summed E-state index contributed by atoms with van der Waals surface area (Å²) in [4.78, 5) is 14.6. The molecule has 0 N–H and O–H groups in total. The lowest BCUT2D eigenvalue weighted by Gasteiger charge is -2.31. The molecular weight excluding hydrogens is 329 g/mol. The number of hydrogen-bond acceptors (Lipinski definition) is 2. The number of hydrogen-bond donors (Lipinski definition) is 0. The second-order valence-corrected chi connectivity index (χ2v) is 6.94. The fourth-order valence-corrected chi connectivity index (χ4v) is 4.26. The van der Waals surface area contributed by atoms with Gasteiger partial charge in [0.1, 0.15) is 0 Å². The van der Waals surface area contributed by atoms with Crippen molar-refractivity contribution in [2.24, 2.45) is 17.8 Å². The third-order valence-electron chi connectivity index (χ3n) is 4.09. The van der Waals surface area contributed by atoms with Crippen molar-refractivity contribution in [2.45, 2.75) is 37.2 Å². The van der Waals surface area contributed by atoms with Gasteiger partial charge in [0.2, 0.25) is 5.91 Å². The van der Waals surface area contributed by atoms with Gasteiger partial charge in [-0.3, -0.25) is 4.79 Å². The second-order valence-electron chi connectivity index (χ2n) is 5.50. The number of likely N-dealkylation sites (tertiary alicyclic amines) is 1. The van der Waals surface area contributed by atoms with Gasteiger partial charge in [-0.25, -0.2) is 0 Å². The van der Waals surface area contributed by atoms with Crippen molar-refractivity contribution in [1.82, 2.24) is 4.90 Å². The largest absolute Gasteiger partial charge is 0.381 e. The molecule has 2 aliphatic heterocycles. The Bertz CT molecular complexity index is 279. The summed E-state index contributed by atoms with van der Waals surface area (Å²) in [6.45, 7) is 6.93. The molecule has 1 amide bonds. The van der Waals surface area contributed by atoms with Gasteiger partial charge in [0.25, 0.3) is 0 Å². The number of carbonyl (C=O) groups is 1. The molecule has 3 atom stereocenters. The van der Waals surface area contributed by atoms with Crippen LogP contribution in [0.2, 0.25) is 0 Å². The highest BCUT2D eigenvalue weighted by atomic mass is 127. The van der Waals surface area contributed by atoms with E-state index in [0.717, 1.165) is 39.0 Å². The number of amides is 1. The first kappa shape index (κ1) is 13.6. The fourth-order valence-electron chi connectivity index (χ4n) is 2.89. The molecule has 3 nitrogen and oxygen atoms in total. The monoisotopic (exact) mass is 351 g/mol. The molecule has 2 heterocycles. The molecule has 2 fully saturated rings. The van der Waals surface area contributed by atoms with Crippen LogP contribution in [0.3, 0.4) is 0 Å². The zero-order valence-corrected chi connectivity index (χ0v) is 12.9. The second kappa shape index (κ2) is 5.87. The molecule has 0 aromatic carbocycles. The van der Waals surface area contributed by atoms with E-state index < -0.39 is 0 Å². The average molecular weight is 351 g/mol. The molecular formula is C13H22INO2. The minimum Gasteiger partial charge on any atom is -0.381 e. The fraction of sp³-hybridized carbons (Fsp3) is 0.923. The van der Waals surface area contributed by atoms with Crippen molar-refractivity contribution in [1.29, 1.82) is 0 Å². The van der Waals surface area contributed by atoms with Gasteiger partial charge >= 0.3 is 0 Å². The van der Waals surface area contributed by atoms with Gasteiger partial charge in [-0.05, 0) is 31.1 Å². The first-order valence-electron chi connectivity index (χ1n) is 6.62. The number of carbonyl (C=O) groups excluding carboxylic acids is 1. The Labute approximate surface area is 117 Å². The van der Waals surface area contributed by atoms with Gasteiger partial charge in [-0.15, -0.1) is 0 Å². The Hall–Kier alpha value is 0.160. The van der Waals surface area contributed by atoms with Crippen LogP contribution in [0, 0.1) is 17.8 Å². The zero-order chi connectivity index (χ0) is 12.4. The SMILES string of the molecule is CC1C[C@@H](I)N(C(=O)C(C)C2CCOCC2)C1. The van der Waals surface area contributed by atoms with E-state index in [4.69, 9.17) is 4.74 Å². The molecule has 0 aliphatic carbocycles. The van der Waals surface area contributed by atoms with E-state index >= 15 is 0 Å². The number of halogens is 1. The van der Waals surface area contributed by atoms with Crippen LogP contribution >= 0.6 is 22.6 Å². The molecule has 0 bridgehead atoms. The van der Waals surface area contributed by atoms with Gasteiger partial charge in [-0.1, -0.05) is 36.4 Å². The maximum absolute atomic E-state index is 12.5.